The molecule has 0 radical (unpaired) electrons. The van der Waals surface area contributed by atoms with Gasteiger partial charge < -0.3 is 19.5 Å². The number of rotatable bonds is 9. The molecule has 0 unspecified atom stereocenters. The highest BCUT2D eigenvalue weighted by atomic mass is 32.2. The zero-order valence-electron chi connectivity index (χ0n) is 17.8. The number of nitrogens with one attached hydrogen (secondary N) is 1. The number of benzene rings is 2. The van der Waals surface area contributed by atoms with Crippen LogP contribution in [0.2, 0.25) is 0 Å². The van der Waals surface area contributed by atoms with Crippen LogP contribution in [-0.4, -0.2) is 58.7 Å². The van der Waals surface area contributed by atoms with Gasteiger partial charge in [-0.25, -0.2) is 8.42 Å². The number of carbonyl (C=O) groups is 1. The van der Waals surface area contributed by atoms with Gasteiger partial charge in [-0.2, -0.15) is 4.31 Å². The largest absolute Gasteiger partial charge is 0.497 e. The Labute approximate surface area is 183 Å². The van der Waals surface area contributed by atoms with Crippen LogP contribution < -0.4 is 14.8 Å². The van der Waals surface area contributed by atoms with Gasteiger partial charge in [-0.15, -0.1) is 0 Å². The summed E-state index contributed by atoms with van der Waals surface area (Å²) in [5, 5.41) is 2.78. The molecule has 3 rings (SSSR count). The lowest BCUT2D eigenvalue weighted by Gasteiger charge is -2.26. The normalized spacial score (nSPS) is 14.8. The van der Waals surface area contributed by atoms with E-state index in [2.05, 4.69) is 5.32 Å². The number of amides is 1. The Morgan fingerprint density at radius 3 is 2.45 bits per heavy atom. The summed E-state index contributed by atoms with van der Waals surface area (Å²) in [6.07, 6.45) is 0.790. The molecule has 1 aliphatic heterocycles. The number of nitrogens with zero attached hydrogens (tertiary/aromatic N) is 1. The zero-order valence-corrected chi connectivity index (χ0v) is 18.6. The number of methoxy groups -OCH3 is 1. The average Bonchev–Trinajstić information content (AvgIpc) is 2.79. The first kappa shape index (κ1) is 23.1. The number of sulfonamides is 1. The highest BCUT2D eigenvalue weighted by Crippen LogP contribution is 2.24. The Morgan fingerprint density at radius 2 is 1.77 bits per heavy atom. The molecule has 8 nitrogen and oxygen atoms in total. The van der Waals surface area contributed by atoms with Crippen LogP contribution in [0.3, 0.4) is 0 Å². The van der Waals surface area contributed by atoms with Crippen molar-refractivity contribution in [3.8, 4) is 11.5 Å². The third kappa shape index (κ3) is 6.19. The van der Waals surface area contributed by atoms with Gasteiger partial charge in [0.2, 0.25) is 15.9 Å². The lowest BCUT2D eigenvalue weighted by Crippen LogP contribution is -2.40. The van der Waals surface area contributed by atoms with Gasteiger partial charge in [0.1, 0.15) is 11.5 Å². The van der Waals surface area contributed by atoms with Gasteiger partial charge >= 0.3 is 0 Å². The molecule has 0 aromatic heterocycles. The highest BCUT2D eigenvalue weighted by Gasteiger charge is 2.28. The van der Waals surface area contributed by atoms with Crippen molar-refractivity contribution in [2.75, 3.05) is 45.3 Å². The standard InChI is InChI=1S/C22H28N2O6S/c1-17-5-6-18(16-21(17)31(26,27)24-11-14-29-15-12-24)23-22(25)4-3-13-30-20-9-7-19(28-2)8-10-20/h5-10,16H,3-4,11-15H2,1-2H3,(H,23,25). The van der Waals surface area contributed by atoms with Crippen LogP contribution in [0.25, 0.3) is 0 Å². The first-order chi connectivity index (χ1) is 14.9. The van der Waals surface area contributed by atoms with Gasteiger partial charge in [0.15, 0.2) is 0 Å². The quantitative estimate of drug-likeness (QED) is 0.593. The summed E-state index contributed by atoms with van der Waals surface area (Å²) in [5.74, 6) is 1.26. The van der Waals surface area contributed by atoms with E-state index >= 15 is 0 Å². The molecule has 1 saturated heterocycles. The van der Waals surface area contributed by atoms with Gasteiger partial charge in [0.05, 0.1) is 31.8 Å². The van der Waals surface area contributed by atoms with Crippen molar-refractivity contribution in [2.45, 2.75) is 24.7 Å². The molecule has 0 bridgehead atoms. The Morgan fingerprint density at radius 1 is 1.10 bits per heavy atom. The average molecular weight is 449 g/mol. The van der Waals surface area contributed by atoms with Crippen molar-refractivity contribution in [1.29, 1.82) is 0 Å². The molecule has 9 heteroatoms. The van der Waals surface area contributed by atoms with E-state index in [1.165, 1.54) is 10.4 Å². The van der Waals surface area contributed by atoms with Crippen LogP contribution in [0.15, 0.2) is 47.4 Å². The molecule has 0 aliphatic carbocycles. The molecule has 2 aromatic carbocycles. The zero-order chi connectivity index (χ0) is 22.3. The summed E-state index contributed by atoms with van der Waals surface area (Å²) in [6, 6.07) is 12.2. The van der Waals surface area contributed by atoms with Gasteiger partial charge in [-0.05, 0) is 55.3 Å². The minimum absolute atomic E-state index is 0.197. The lowest BCUT2D eigenvalue weighted by atomic mass is 10.2. The molecule has 0 atom stereocenters. The lowest BCUT2D eigenvalue weighted by molar-refractivity contribution is -0.116. The van der Waals surface area contributed by atoms with E-state index in [1.54, 1.807) is 26.2 Å². The number of hydrogen-bond acceptors (Lipinski definition) is 6. The van der Waals surface area contributed by atoms with Crippen molar-refractivity contribution >= 4 is 21.6 Å². The number of hydrogen-bond donors (Lipinski definition) is 1. The van der Waals surface area contributed by atoms with Crippen molar-refractivity contribution in [2.24, 2.45) is 0 Å². The van der Waals surface area contributed by atoms with Gasteiger partial charge in [-0.3, -0.25) is 4.79 Å². The van der Waals surface area contributed by atoms with E-state index in [-0.39, 0.29) is 17.2 Å². The number of ether oxygens (including phenoxy) is 3. The maximum atomic E-state index is 13.0. The topological polar surface area (TPSA) is 94.2 Å². The van der Waals surface area contributed by atoms with Crippen molar-refractivity contribution in [3.63, 3.8) is 0 Å². The molecule has 31 heavy (non-hydrogen) atoms. The third-order valence-corrected chi connectivity index (χ3v) is 6.98. The maximum Gasteiger partial charge on any atom is 0.243 e. The summed E-state index contributed by atoms with van der Waals surface area (Å²) >= 11 is 0. The molecule has 1 heterocycles. The van der Waals surface area contributed by atoms with Crippen LogP contribution in [0.4, 0.5) is 5.69 Å². The molecule has 1 fully saturated rings. The van der Waals surface area contributed by atoms with E-state index in [0.29, 0.717) is 56.3 Å². The van der Waals surface area contributed by atoms with Gasteiger partial charge in [0, 0.05) is 25.2 Å². The summed E-state index contributed by atoms with van der Waals surface area (Å²) in [6.45, 7) is 3.56. The first-order valence-electron chi connectivity index (χ1n) is 10.2. The Bertz CT molecular complexity index is 986. The molecule has 0 saturated carbocycles. The van der Waals surface area contributed by atoms with Crippen molar-refractivity contribution in [3.05, 3.63) is 48.0 Å². The number of anilines is 1. The second-order valence-electron chi connectivity index (χ2n) is 7.17. The van der Waals surface area contributed by atoms with Crippen LogP contribution >= 0.6 is 0 Å². The molecule has 1 aliphatic rings. The predicted molar refractivity (Wildman–Crippen MR) is 117 cm³/mol. The SMILES string of the molecule is COc1ccc(OCCCC(=O)Nc2ccc(C)c(S(=O)(=O)N3CCOCC3)c2)cc1. The fourth-order valence-electron chi connectivity index (χ4n) is 3.20. The first-order valence-corrected chi connectivity index (χ1v) is 11.6. The van der Waals surface area contributed by atoms with E-state index in [9.17, 15) is 13.2 Å². The van der Waals surface area contributed by atoms with Gasteiger partial charge in [-0.1, -0.05) is 6.07 Å². The van der Waals surface area contributed by atoms with Crippen molar-refractivity contribution in [1.82, 2.24) is 4.31 Å². The van der Waals surface area contributed by atoms with Crippen LogP contribution in [0, 0.1) is 6.92 Å². The predicted octanol–water partition coefficient (Wildman–Crippen LogP) is 2.82. The molecule has 1 N–H and O–H groups in total. The number of morpholine rings is 1. The van der Waals surface area contributed by atoms with Crippen LogP contribution in [0.1, 0.15) is 18.4 Å². The third-order valence-electron chi connectivity index (χ3n) is 4.94. The Kier molecular flexibility index (Phi) is 7.89. The summed E-state index contributed by atoms with van der Waals surface area (Å²) in [4.78, 5) is 12.5. The summed E-state index contributed by atoms with van der Waals surface area (Å²) in [5.41, 5.74) is 1.09. The molecule has 0 spiro atoms. The van der Waals surface area contributed by atoms with Crippen molar-refractivity contribution < 1.29 is 27.4 Å². The maximum absolute atomic E-state index is 13.0. The minimum atomic E-state index is -3.63. The summed E-state index contributed by atoms with van der Waals surface area (Å²) in [7, 11) is -2.03. The fraction of sp³-hybridized carbons (Fsp3) is 0.409. The summed E-state index contributed by atoms with van der Waals surface area (Å²) < 4.78 is 43.3. The molecular formula is C22H28N2O6S. The van der Waals surface area contributed by atoms with E-state index < -0.39 is 10.0 Å². The smallest absolute Gasteiger partial charge is 0.243 e. The van der Waals surface area contributed by atoms with E-state index in [0.717, 1.165) is 5.75 Å². The van der Waals surface area contributed by atoms with E-state index in [1.807, 2.05) is 24.3 Å². The van der Waals surface area contributed by atoms with Gasteiger partial charge in [0.25, 0.3) is 0 Å². The molecule has 1 amide bonds. The number of carbonyl (C=O) groups excluding carboxylic acids is 1. The monoisotopic (exact) mass is 448 g/mol. The fourth-order valence-corrected chi connectivity index (χ4v) is 4.86. The Balaban J connectivity index is 1.53. The molecule has 168 valence electrons. The second-order valence-corrected chi connectivity index (χ2v) is 9.08. The van der Waals surface area contributed by atoms with Crippen LogP contribution in [-0.2, 0) is 19.6 Å². The second kappa shape index (κ2) is 10.6. The minimum Gasteiger partial charge on any atom is -0.497 e. The van der Waals surface area contributed by atoms with E-state index in [4.69, 9.17) is 14.2 Å². The van der Waals surface area contributed by atoms with Crippen LogP contribution in [0.5, 0.6) is 11.5 Å². The Hall–Kier alpha value is -2.62. The number of aryl methyl sites for hydroxylation is 1. The highest BCUT2D eigenvalue weighted by molar-refractivity contribution is 7.89. The molecular weight excluding hydrogens is 420 g/mol. The molecule has 2 aromatic rings.